The first kappa shape index (κ1) is 17.7. The van der Waals surface area contributed by atoms with Crippen LogP contribution in [0.1, 0.15) is 25.8 Å². The number of aliphatic hydroxyl groups is 1. The standard InChI is InChI=1S/C14H23NO2.C2H4/c1-5-14(17,11(2)10-15(3)4)12-7-6-8-13(16)9-12;1-2/h6-9,11,16-17H,5,10H2,1-4H3;1-2H2. The van der Waals surface area contributed by atoms with Crippen molar-refractivity contribution in [3.63, 3.8) is 0 Å². The Hall–Kier alpha value is -1.32. The van der Waals surface area contributed by atoms with Crippen molar-refractivity contribution in [1.82, 2.24) is 4.90 Å². The maximum absolute atomic E-state index is 10.8. The third kappa shape index (κ3) is 4.69. The van der Waals surface area contributed by atoms with E-state index >= 15 is 0 Å². The van der Waals surface area contributed by atoms with Gasteiger partial charge in [0.25, 0.3) is 0 Å². The molecule has 3 nitrogen and oxygen atoms in total. The minimum atomic E-state index is -0.886. The fourth-order valence-corrected chi connectivity index (χ4v) is 2.31. The molecule has 0 spiro atoms. The van der Waals surface area contributed by atoms with Crippen molar-refractivity contribution >= 4 is 0 Å². The highest BCUT2D eigenvalue weighted by atomic mass is 16.3. The van der Waals surface area contributed by atoms with E-state index < -0.39 is 5.60 Å². The van der Waals surface area contributed by atoms with Gasteiger partial charge in [-0.25, -0.2) is 0 Å². The van der Waals surface area contributed by atoms with Gasteiger partial charge < -0.3 is 15.1 Å². The Kier molecular flexibility index (Phi) is 7.42. The van der Waals surface area contributed by atoms with Crippen LogP contribution in [-0.2, 0) is 5.60 Å². The molecular weight excluding hydrogens is 238 g/mol. The van der Waals surface area contributed by atoms with Crippen LogP contribution in [0, 0.1) is 5.92 Å². The summed E-state index contributed by atoms with van der Waals surface area (Å²) in [4.78, 5) is 2.06. The van der Waals surface area contributed by atoms with Crippen molar-refractivity contribution in [2.75, 3.05) is 20.6 Å². The van der Waals surface area contributed by atoms with Gasteiger partial charge in [0.15, 0.2) is 0 Å². The number of hydrogen-bond acceptors (Lipinski definition) is 3. The molecule has 1 aromatic carbocycles. The SMILES string of the molecule is C=C.CCC(O)(c1cccc(O)c1)C(C)CN(C)C. The van der Waals surface area contributed by atoms with E-state index in [1.807, 2.05) is 34.0 Å². The van der Waals surface area contributed by atoms with Crippen LogP contribution in [0.3, 0.4) is 0 Å². The number of benzene rings is 1. The average molecular weight is 265 g/mol. The summed E-state index contributed by atoms with van der Waals surface area (Å²) in [7, 11) is 3.99. The summed E-state index contributed by atoms with van der Waals surface area (Å²) >= 11 is 0. The van der Waals surface area contributed by atoms with Crippen molar-refractivity contribution in [2.45, 2.75) is 25.9 Å². The van der Waals surface area contributed by atoms with Gasteiger partial charge in [0.1, 0.15) is 5.75 Å². The highest BCUT2D eigenvalue weighted by Crippen LogP contribution is 2.34. The topological polar surface area (TPSA) is 43.7 Å². The largest absolute Gasteiger partial charge is 0.508 e. The quantitative estimate of drug-likeness (QED) is 0.804. The fourth-order valence-electron chi connectivity index (χ4n) is 2.31. The summed E-state index contributed by atoms with van der Waals surface area (Å²) in [6.45, 7) is 10.8. The minimum Gasteiger partial charge on any atom is -0.508 e. The third-order valence-electron chi connectivity index (χ3n) is 3.34. The molecule has 0 saturated carbocycles. The van der Waals surface area contributed by atoms with Gasteiger partial charge in [-0.05, 0) is 38.2 Å². The van der Waals surface area contributed by atoms with Crippen molar-refractivity contribution in [2.24, 2.45) is 5.92 Å². The smallest absolute Gasteiger partial charge is 0.115 e. The zero-order valence-corrected chi connectivity index (χ0v) is 12.6. The van der Waals surface area contributed by atoms with Crippen LogP contribution in [0.4, 0.5) is 0 Å². The lowest BCUT2D eigenvalue weighted by molar-refractivity contribution is -0.0293. The van der Waals surface area contributed by atoms with E-state index in [4.69, 9.17) is 0 Å². The Labute approximate surface area is 117 Å². The lowest BCUT2D eigenvalue weighted by Gasteiger charge is -2.35. The number of aromatic hydroxyl groups is 1. The molecule has 0 fully saturated rings. The van der Waals surface area contributed by atoms with E-state index in [2.05, 4.69) is 18.1 Å². The first-order valence-electron chi connectivity index (χ1n) is 6.56. The summed E-state index contributed by atoms with van der Waals surface area (Å²) in [6, 6.07) is 6.91. The maximum atomic E-state index is 10.8. The molecule has 0 aromatic heterocycles. The molecule has 19 heavy (non-hydrogen) atoms. The maximum Gasteiger partial charge on any atom is 0.115 e. The molecule has 0 aliphatic carbocycles. The molecule has 0 saturated heterocycles. The van der Waals surface area contributed by atoms with Gasteiger partial charge in [0.05, 0.1) is 5.60 Å². The van der Waals surface area contributed by atoms with Gasteiger partial charge in [0, 0.05) is 12.5 Å². The van der Waals surface area contributed by atoms with Gasteiger partial charge in [-0.3, -0.25) is 0 Å². The number of phenolic OH excluding ortho intramolecular Hbond substituents is 1. The Morgan fingerprint density at radius 2 is 1.89 bits per heavy atom. The average Bonchev–Trinajstić information content (AvgIpc) is 2.39. The summed E-state index contributed by atoms with van der Waals surface area (Å²) in [6.07, 6.45) is 0.630. The van der Waals surface area contributed by atoms with E-state index in [1.165, 1.54) is 0 Å². The van der Waals surface area contributed by atoms with Gasteiger partial charge >= 0.3 is 0 Å². The molecule has 0 amide bonds. The number of hydrogen-bond donors (Lipinski definition) is 2. The fraction of sp³-hybridized carbons (Fsp3) is 0.500. The Morgan fingerprint density at radius 1 is 1.32 bits per heavy atom. The first-order valence-corrected chi connectivity index (χ1v) is 6.56. The third-order valence-corrected chi connectivity index (χ3v) is 3.34. The molecule has 2 N–H and O–H groups in total. The number of rotatable bonds is 5. The summed E-state index contributed by atoms with van der Waals surface area (Å²) in [5.74, 6) is 0.302. The second-order valence-corrected chi connectivity index (χ2v) is 4.99. The van der Waals surface area contributed by atoms with Crippen molar-refractivity contribution < 1.29 is 10.2 Å². The van der Waals surface area contributed by atoms with Gasteiger partial charge in [0.2, 0.25) is 0 Å². The molecule has 0 bridgehead atoms. The highest BCUT2D eigenvalue weighted by Gasteiger charge is 2.34. The molecule has 0 heterocycles. The summed E-state index contributed by atoms with van der Waals surface area (Å²) in [5.41, 5.74) is -0.0995. The number of nitrogens with zero attached hydrogens (tertiary/aromatic N) is 1. The molecule has 0 aliphatic heterocycles. The highest BCUT2D eigenvalue weighted by molar-refractivity contribution is 5.31. The second kappa shape index (κ2) is 7.97. The van der Waals surface area contributed by atoms with Crippen LogP contribution in [0.2, 0.25) is 0 Å². The lowest BCUT2D eigenvalue weighted by Crippen LogP contribution is -2.38. The van der Waals surface area contributed by atoms with Crippen LogP contribution in [-0.4, -0.2) is 35.8 Å². The van der Waals surface area contributed by atoms with Gasteiger partial charge in [-0.15, -0.1) is 13.2 Å². The zero-order chi connectivity index (χ0) is 15.1. The van der Waals surface area contributed by atoms with Crippen LogP contribution >= 0.6 is 0 Å². The van der Waals surface area contributed by atoms with Gasteiger partial charge in [-0.2, -0.15) is 0 Å². The Bertz CT molecular complexity index is 379. The Morgan fingerprint density at radius 3 is 2.32 bits per heavy atom. The van der Waals surface area contributed by atoms with Gasteiger partial charge in [-0.1, -0.05) is 26.0 Å². The molecule has 0 aliphatic rings. The van der Waals surface area contributed by atoms with Crippen molar-refractivity contribution in [3.8, 4) is 5.75 Å². The monoisotopic (exact) mass is 265 g/mol. The normalized spacial score (nSPS) is 15.3. The van der Waals surface area contributed by atoms with Crippen LogP contribution in [0.15, 0.2) is 37.4 Å². The first-order chi connectivity index (χ1) is 8.90. The predicted molar refractivity (Wildman–Crippen MR) is 81.3 cm³/mol. The van der Waals surface area contributed by atoms with Crippen molar-refractivity contribution in [3.05, 3.63) is 43.0 Å². The van der Waals surface area contributed by atoms with E-state index in [1.54, 1.807) is 18.2 Å². The molecule has 0 radical (unpaired) electrons. The number of phenols is 1. The summed E-state index contributed by atoms with van der Waals surface area (Å²) in [5, 5.41) is 20.3. The molecule has 2 atom stereocenters. The van der Waals surface area contributed by atoms with E-state index in [0.29, 0.717) is 6.42 Å². The van der Waals surface area contributed by atoms with Crippen molar-refractivity contribution in [1.29, 1.82) is 0 Å². The molecule has 2 unspecified atom stereocenters. The predicted octanol–water partition coefficient (Wildman–Crippen LogP) is 2.99. The van der Waals surface area contributed by atoms with E-state index in [0.717, 1.165) is 12.1 Å². The summed E-state index contributed by atoms with van der Waals surface area (Å²) < 4.78 is 0. The molecule has 1 rings (SSSR count). The molecule has 1 aromatic rings. The van der Waals surface area contributed by atoms with E-state index in [9.17, 15) is 10.2 Å². The Balaban J connectivity index is 0.00000154. The van der Waals surface area contributed by atoms with Crippen LogP contribution in [0.5, 0.6) is 5.75 Å². The van der Waals surface area contributed by atoms with Crippen LogP contribution in [0.25, 0.3) is 0 Å². The zero-order valence-electron chi connectivity index (χ0n) is 12.6. The lowest BCUT2D eigenvalue weighted by atomic mass is 9.80. The van der Waals surface area contributed by atoms with Crippen LogP contribution < -0.4 is 0 Å². The minimum absolute atomic E-state index is 0.101. The van der Waals surface area contributed by atoms with E-state index in [-0.39, 0.29) is 11.7 Å². The second-order valence-electron chi connectivity index (χ2n) is 4.99. The molecule has 108 valence electrons. The molecule has 3 heteroatoms. The molecular formula is C16H27NO2.